The predicted molar refractivity (Wildman–Crippen MR) is 91.5 cm³/mol. The number of nitrogens with one attached hydrogen (secondary N) is 2. The SMILES string of the molecule is CC(C)[C@@H](NS(=O)(=O)c1ccccc1)C(=O)NCc1ccccn1. The Bertz CT molecular complexity index is 762. The van der Waals surface area contributed by atoms with Crippen LogP contribution in [0.25, 0.3) is 0 Å². The van der Waals surface area contributed by atoms with E-state index in [2.05, 4.69) is 15.0 Å². The molecule has 0 saturated carbocycles. The molecule has 0 unspecified atom stereocenters. The standard InChI is InChI=1S/C17H21N3O3S/c1-13(2)16(17(21)19-12-14-8-6-7-11-18-14)20-24(22,23)15-9-4-3-5-10-15/h3-11,13,16,20H,12H2,1-2H3,(H,19,21)/t16-/m1/s1. The molecule has 0 spiro atoms. The molecule has 0 aliphatic rings. The van der Waals surface area contributed by atoms with Gasteiger partial charge in [-0.3, -0.25) is 9.78 Å². The number of amides is 1. The Hall–Kier alpha value is -2.25. The Balaban J connectivity index is 2.07. The maximum absolute atomic E-state index is 12.4. The molecular formula is C17H21N3O3S. The first-order valence-corrected chi connectivity index (χ1v) is 9.13. The van der Waals surface area contributed by atoms with Gasteiger partial charge in [0.05, 0.1) is 17.1 Å². The van der Waals surface area contributed by atoms with Crippen molar-refractivity contribution in [3.8, 4) is 0 Å². The van der Waals surface area contributed by atoms with Gasteiger partial charge in [-0.15, -0.1) is 0 Å². The molecule has 0 fully saturated rings. The van der Waals surface area contributed by atoms with Crippen molar-refractivity contribution in [2.24, 2.45) is 5.92 Å². The fourth-order valence-corrected chi connectivity index (χ4v) is 3.48. The number of nitrogens with zero attached hydrogens (tertiary/aromatic N) is 1. The van der Waals surface area contributed by atoms with Crippen LogP contribution < -0.4 is 10.0 Å². The first-order valence-electron chi connectivity index (χ1n) is 7.65. The molecule has 6 nitrogen and oxygen atoms in total. The van der Waals surface area contributed by atoms with Gasteiger partial charge in [-0.1, -0.05) is 38.1 Å². The summed E-state index contributed by atoms with van der Waals surface area (Å²) in [5, 5.41) is 2.73. The molecule has 1 aromatic carbocycles. The van der Waals surface area contributed by atoms with Crippen molar-refractivity contribution in [3.05, 3.63) is 60.4 Å². The Morgan fingerprint density at radius 2 is 1.75 bits per heavy atom. The molecule has 2 aromatic rings. The number of aromatic nitrogens is 1. The average molecular weight is 347 g/mol. The van der Waals surface area contributed by atoms with Crippen LogP contribution in [-0.4, -0.2) is 25.4 Å². The van der Waals surface area contributed by atoms with Gasteiger partial charge in [-0.25, -0.2) is 8.42 Å². The van der Waals surface area contributed by atoms with Crippen molar-refractivity contribution in [1.29, 1.82) is 0 Å². The number of benzene rings is 1. The van der Waals surface area contributed by atoms with Crippen molar-refractivity contribution in [1.82, 2.24) is 15.0 Å². The van der Waals surface area contributed by atoms with E-state index in [1.807, 2.05) is 6.07 Å². The Kier molecular flexibility index (Phi) is 6.05. The topological polar surface area (TPSA) is 88.2 Å². The van der Waals surface area contributed by atoms with Crippen LogP contribution in [0.2, 0.25) is 0 Å². The molecule has 2 rings (SSSR count). The zero-order valence-corrected chi connectivity index (χ0v) is 14.5. The summed E-state index contributed by atoms with van der Waals surface area (Å²) in [5.74, 6) is -0.581. The highest BCUT2D eigenvalue weighted by Gasteiger charge is 2.28. The Labute approximate surface area is 142 Å². The third-order valence-corrected chi connectivity index (χ3v) is 4.91. The number of carbonyl (C=O) groups excluding carboxylic acids is 1. The van der Waals surface area contributed by atoms with Gasteiger partial charge >= 0.3 is 0 Å². The average Bonchev–Trinajstić information content (AvgIpc) is 2.59. The van der Waals surface area contributed by atoms with Gasteiger partial charge in [0.15, 0.2) is 0 Å². The fraction of sp³-hybridized carbons (Fsp3) is 0.294. The van der Waals surface area contributed by atoms with E-state index in [0.29, 0.717) is 5.69 Å². The molecule has 0 bridgehead atoms. The highest BCUT2D eigenvalue weighted by Crippen LogP contribution is 2.11. The molecule has 2 N–H and O–H groups in total. The molecule has 0 radical (unpaired) electrons. The van der Waals surface area contributed by atoms with Crippen LogP contribution in [-0.2, 0) is 21.4 Å². The summed E-state index contributed by atoms with van der Waals surface area (Å²) in [7, 11) is -3.76. The third-order valence-electron chi connectivity index (χ3n) is 3.45. The smallest absolute Gasteiger partial charge is 0.241 e. The number of pyridine rings is 1. The van der Waals surface area contributed by atoms with Gasteiger partial charge in [0, 0.05) is 6.20 Å². The molecule has 0 aliphatic heterocycles. The van der Waals surface area contributed by atoms with E-state index < -0.39 is 16.1 Å². The summed E-state index contributed by atoms with van der Waals surface area (Å²) >= 11 is 0. The zero-order valence-electron chi connectivity index (χ0n) is 13.6. The highest BCUT2D eigenvalue weighted by molar-refractivity contribution is 7.89. The molecule has 0 saturated heterocycles. The van der Waals surface area contributed by atoms with Crippen LogP contribution >= 0.6 is 0 Å². The summed E-state index contributed by atoms with van der Waals surface area (Å²) in [6.45, 7) is 3.83. The summed E-state index contributed by atoms with van der Waals surface area (Å²) in [5.41, 5.74) is 0.708. The Morgan fingerprint density at radius 1 is 1.08 bits per heavy atom. The van der Waals surface area contributed by atoms with E-state index in [1.54, 1.807) is 50.4 Å². The van der Waals surface area contributed by atoms with E-state index in [9.17, 15) is 13.2 Å². The minimum absolute atomic E-state index is 0.133. The summed E-state index contributed by atoms with van der Waals surface area (Å²) in [6, 6.07) is 12.5. The van der Waals surface area contributed by atoms with Crippen molar-refractivity contribution in [2.45, 2.75) is 31.3 Å². The highest BCUT2D eigenvalue weighted by atomic mass is 32.2. The van der Waals surface area contributed by atoms with Crippen LogP contribution in [0, 0.1) is 5.92 Å². The second-order valence-corrected chi connectivity index (χ2v) is 7.41. The van der Waals surface area contributed by atoms with Crippen molar-refractivity contribution in [2.75, 3.05) is 0 Å². The number of carbonyl (C=O) groups is 1. The first-order chi connectivity index (χ1) is 11.4. The van der Waals surface area contributed by atoms with Gasteiger partial charge in [-0.05, 0) is 30.2 Å². The molecule has 7 heteroatoms. The van der Waals surface area contributed by atoms with Crippen LogP contribution in [0.3, 0.4) is 0 Å². The zero-order chi connectivity index (χ0) is 17.6. The monoisotopic (exact) mass is 347 g/mol. The maximum Gasteiger partial charge on any atom is 0.241 e. The lowest BCUT2D eigenvalue weighted by molar-refractivity contribution is -0.123. The summed E-state index contributed by atoms with van der Waals surface area (Å²) in [4.78, 5) is 16.7. The molecule has 24 heavy (non-hydrogen) atoms. The lowest BCUT2D eigenvalue weighted by atomic mass is 10.1. The Morgan fingerprint density at radius 3 is 2.33 bits per heavy atom. The van der Waals surface area contributed by atoms with Crippen molar-refractivity contribution in [3.63, 3.8) is 0 Å². The second-order valence-electron chi connectivity index (χ2n) is 5.69. The molecule has 0 aliphatic carbocycles. The quantitative estimate of drug-likeness (QED) is 0.798. The van der Waals surface area contributed by atoms with Gasteiger partial charge in [0.25, 0.3) is 0 Å². The van der Waals surface area contributed by atoms with Crippen LogP contribution in [0.15, 0.2) is 59.6 Å². The van der Waals surface area contributed by atoms with Crippen LogP contribution in [0.4, 0.5) is 0 Å². The van der Waals surface area contributed by atoms with Gasteiger partial charge in [0.2, 0.25) is 15.9 Å². The predicted octanol–water partition coefficient (Wildman–Crippen LogP) is 1.70. The molecule has 1 atom stereocenters. The minimum atomic E-state index is -3.76. The first kappa shape index (κ1) is 18.1. The maximum atomic E-state index is 12.4. The number of sulfonamides is 1. The van der Waals surface area contributed by atoms with Crippen LogP contribution in [0.5, 0.6) is 0 Å². The summed E-state index contributed by atoms with van der Waals surface area (Å²) in [6.07, 6.45) is 1.64. The van der Waals surface area contributed by atoms with Crippen molar-refractivity contribution >= 4 is 15.9 Å². The molecular weight excluding hydrogens is 326 g/mol. The third kappa shape index (κ3) is 4.87. The summed E-state index contributed by atoms with van der Waals surface area (Å²) < 4.78 is 27.3. The lowest BCUT2D eigenvalue weighted by Gasteiger charge is -2.21. The molecule has 128 valence electrons. The van der Waals surface area contributed by atoms with E-state index in [0.717, 1.165) is 0 Å². The molecule has 1 aromatic heterocycles. The van der Waals surface area contributed by atoms with E-state index in [-0.39, 0.29) is 23.3 Å². The van der Waals surface area contributed by atoms with E-state index in [1.165, 1.54) is 12.1 Å². The van der Waals surface area contributed by atoms with Gasteiger partial charge in [-0.2, -0.15) is 4.72 Å². The van der Waals surface area contributed by atoms with Gasteiger partial charge < -0.3 is 5.32 Å². The molecule has 1 heterocycles. The number of hydrogen-bond acceptors (Lipinski definition) is 4. The van der Waals surface area contributed by atoms with Crippen molar-refractivity contribution < 1.29 is 13.2 Å². The van der Waals surface area contributed by atoms with E-state index >= 15 is 0 Å². The molecule has 1 amide bonds. The van der Waals surface area contributed by atoms with E-state index in [4.69, 9.17) is 0 Å². The second kappa shape index (κ2) is 8.03. The van der Waals surface area contributed by atoms with Gasteiger partial charge in [0.1, 0.15) is 6.04 Å². The number of hydrogen-bond donors (Lipinski definition) is 2. The van der Waals surface area contributed by atoms with Crippen LogP contribution in [0.1, 0.15) is 19.5 Å². The largest absolute Gasteiger partial charge is 0.349 e. The normalized spacial score (nSPS) is 12.8. The lowest BCUT2D eigenvalue weighted by Crippen LogP contribution is -2.49. The minimum Gasteiger partial charge on any atom is -0.349 e. The fourth-order valence-electron chi connectivity index (χ4n) is 2.12. The number of rotatable bonds is 7.